The van der Waals surface area contributed by atoms with Crippen LogP contribution < -0.4 is 11.1 Å². The molecule has 0 bridgehead atoms. The van der Waals surface area contributed by atoms with Crippen molar-refractivity contribution in [2.45, 2.75) is 51.3 Å². The van der Waals surface area contributed by atoms with Gasteiger partial charge in [0.25, 0.3) is 0 Å². The molecule has 1 rings (SSSR count). The molecule has 0 radical (unpaired) electrons. The molecular formula is C13H27N3O2. The number of methoxy groups -OCH3 is 1. The summed E-state index contributed by atoms with van der Waals surface area (Å²) in [6, 6.07) is 0.553. The summed E-state index contributed by atoms with van der Waals surface area (Å²) in [4.78, 5) is 13.9. The average Bonchev–Trinajstić information content (AvgIpc) is 2.35. The van der Waals surface area contributed by atoms with Gasteiger partial charge in [-0.25, -0.2) is 0 Å². The Morgan fingerprint density at radius 2 is 2.28 bits per heavy atom. The van der Waals surface area contributed by atoms with Crippen molar-refractivity contribution in [2.75, 3.05) is 26.7 Å². The monoisotopic (exact) mass is 257 g/mol. The number of nitrogens with one attached hydrogen (secondary N) is 1. The molecule has 1 amide bonds. The number of hydrogen-bond acceptors (Lipinski definition) is 4. The molecule has 0 saturated carbocycles. The third-order valence-electron chi connectivity index (χ3n) is 3.47. The van der Waals surface area contributed by atoms with Gasteiger partial charge < -0.3 is 15.8 Å². The van der Waals surface area contributed by atoms with Crippen molar-refractivity contribution >= 4 is 5.91 Å². The molecule has 0 spiro atoms. The first-order chi connectivity index (χ1) is 8.56. The van der Waals surface area contributed by atoms with Gasteiger partial charge >= 0.3 is 0 Å². The van der Waals surface area contributed by atoms with E-state index in [0.717, 1.165) is 25.9 Å². The maximum Gasteiger partial charge on any atom is 0.221 e. The summed E-state index contributed by atoms with van der Waals surface area (Å²) >= 11 is 0. The van der Waals surface area contributed by atoms with Crippen LogP contribution in [0.15, 0.2) is 0 Å². The van der Waals surface area contributed by atoms with E-state index in [9.17, 15) is 4.79 Å². The van der Waals surface area contributed by atoms with E-state index in [4.69, 9.17) is 10.5 Å². The van der Waals surface area contributed by atoms with Gasteiger partial charge in [0.1, 0.15) is 0 Å². The molecule has 5 nitrogen and oxygen atoms in total. The normalized spacial score (nSPS) is 25.4. The Labute approximate surface area is 110 Å². The van der Waals surface area contributed by atoms with Gasteiger partial charge in [0.15, 0.2) is 0 Å². The molecule has 1 aliphatic heterocycles. The third kappa shape index (κ3) is 4.92. The Morgan fingerprint density at radius 1 is 1.56 bits per heavy atom. The van der Waals surface area contributed by atoms with E-state index in [1.54, 1.807) is 7.11 Å². The van der Waals surface area contributed by atoms with Crippen LogP contribution in [0.1, 0.15) is 33.1 Å². The molecular weight excluding hydrogens is 230 g/mol. The van der Waals surface area contributed by atoms with Crippen LogP contribution in [0.25, 0.3) is 0 Å². The quantitative estimate of drug-likeness (QED) is 0.720. The summed E-state index contributed by atoms with van der Waals surface area (Å²) < 4.78 is 5.39. The molecule has 1 fully saturated rings. The second kappa shape index (κ2) is 7.71. The summed E-state index contributed by atoms with van der Waals surface area (Å²) in [5, 5.41) is 2.91. The summed E-state index contributed by atoms with van der Waals surface area (Å²) in [5.74, 6) is 0.120. The largest absolute Gasteiger partial charge is 0.381 e. The molecule has 1 aliphatic rings. The Morgan fingerprint density at radius 3 is 2.83 bits per heavy atom. The van der Waals surface area contributed by atoms with Crippen LogP contribution in [-0.2, 0) is 9.53 Å². The lowest BCUT2D eigenvalue weighted by atomic mass is 9.99. The zero-order valence-electron chi connectivity index (χ0n) is 11.8. The molecule has 1 saturated heterocycles. The molecule has 5 heteroatoms. The lowest BCUT2D eigenvalue weighted by molar-refractivity contribution is -0.122. The van der Waals surface area contributed by atoms with Gasteiger partial charge in [-0.2, -0.15) is 0 Å². The Balaban J connectivity index is 2.34. The fourth-order valence-electron chi connectivity index (χ4n) is 2.46. The SMILES string of the molecule is COC1CCN(CCC(=O)NC(C)C)C(CN)C1. The highest BCUT2D eigenvalue weighted by molar-refractivity contribution is 5.76. The summed E-state index contributed by atoms with van der Waals surface area (Å²) in [7, 11) is 1.75. The molecule has 3 N–H and O–H groups in total. The number of carbonyl (C=O) groups is 1. The van der Waals surface area contributed by atoms with Gasteiger partial charge in [-0.3, -0.25) is 9.69 Å². The zero-order chi connectivity index (χ0) is 13.5. The van der Waals surface area contributed by atoms with Crippen molar-refractivity contribution in [3.63, 3.8) is 0 Å². The minimum Gasteiger partial charge on any atom is -0.381 e. The molecule has 106 valence electrons. The first kappa shape index (κ1) is 15.4. The number of ether oxygens (including phenoxy) is 1. The molecule has 1 heterocycles. The van der Waals surface area contributed by atoms with Gasteiger partial charge in [0.2, 0.25) is 5.91 Å². The van der Waals surface area contributed by atoms with E-state index in [-0.39, 0.29) is 11.9 Å². The highest BCUT2D eigenvalue weighted by Crippen LogP contribution is 2.19. The number of likely N-dealkylation sites (tertiary alicyclic amines) is 1. The van der Waals surface area contributed by atoms with Gasteiger partial charge in [0, 0.05) is 45.2 Å². The predicted octanol–water partition coefficient (Wildman–Crippen LogP) is 0.339. The van der Waals surface area contributed by atoms with Crippen molar-refractivity contribution in [1.82, 2.24) is 10.2 Å². The van der Waals surface area contributed by atoms with Crippen LogP contribution in [0.4, 0.5) is 0 Å². The van der Waals surface area contributed by atoms with E-state index in [1.807, 2.05) is 13.8 Å². The maximum absolute atomic E-state index is 11.6. The summed E-state index contributed by atoms with van der Waals surface area (Å²) in [6.07, 6.45) is 2.86. The summed E-state index contributed by atoms with van der Waals surface area (Å²) in [5.41, 5.74) is 5.80. The number of rotatable bonds is 6. The van der Waals surface area contributed by atoms with Crippen molar-refractivity contribution in [1.29, 1.82) is 0 Å². The smallest absolute Gasteiger partial charge is 0.221 e. The number of carbonyl (C=O) groups excluding carboxylic acids is 1. The number of hydrogen-bond donors (Lipinski definition) is 2. The van der Waals surface area contributed by atoms with Crippen LogP contribution in [0.5, 0.6) is 0 Å². The highest BCUT2D eigenvalue weighted by Gasteiger charge is 2.27. The van der Waals surface area contributed by atoms with Crippen molar-refractivity contribution in [3.8, 4) is 0 Å². The van der Waals surface area contributed by atoms with Crippen LogP contribution in [0.3, 0.4) is 0 Å². The van der Waals surface area contributed by atoms with Gasteiger partial charge in [-0.1, -0.05) is 0 Å². The lowest BCUT2D eigenvalue weighted by Crippen LogP contribution is -2.49. The number of nitrogens with two attached hydrogens (primary N) is 1. The molecule has 2 atom stereocenters. The number of nitrogens with zero attached hydrogens (tertiary/aromatic N) is 1. The fraction of sp³-hybridized carbons (Fsp3) is 0.923. The summed E-state index contributed by atoms with van der Waals surface area (Å²) in [6.45, 7) is 6.34. The van der Waals surface area contributed by atoms with E-state index in [1.165, 1.54) is 0 Å². The van der Waals surface area contributed by atoms with Crippen LogP contribution in [-0.4, -0.2) is 55.7 Å². The Kier molecular flexibility index (Phi) is 6.60. The van der Waals surface area contributed by atoms with Crippen molar-refractivity contribution in [3.05, 3.63) is 0 Å². The molecule has 0 aromatic heterocycles. The van der Waals surface area contributed by atoms with E-state index < -0.39 is 0 Å². The van der Waals surface area contributed by atoms with Crippen molar-refractivity contribution in [2.24, 2.45) is 5.73 Å². The van der Waals surface area contributed by atoms with Gasteiger partial charge in [-0.05, 0) is 26.7 Å². The maximum atomic E-state index is 11.6. The van der Waals surface area contributed by atoms with E-state index in [0.29, 0.717) is 25.1 Å². The van der Waals surface area contributed by atoms with E-state index >= 15 is 0 Å². The van der Waals surface area contributed by atoms with Crippen LogP contribution in [0.2, 0.25) is 0 Å². The minimum absolute atomic E-state index is 0.120. The topological polar surface area (TPSA) is 67.6 Å². The average molecular weight is 257 g/mol. The van der Waals surface area contributed by atoms with Gasteiger partial charge in [-0.15, -0.1) is 0 Å². The van der Waals surface area contributed by atoms with Gasteiger partial charge in [0.05, 0.1) is 6.10 Å². The lowest BCUT2D eigenvalue weighted by Gasteiger charge is -2.38. The minimum atomic E-state index is 0.120. The van der Waals surface area contributed by atoms with Crippen LogP contribution >= 0.6 is 0 Å². The fourth-order valence-corrected chi connectivity index (χ4v) is 2.46. The molecule has 0 aromatic rings. The first-order valence-corrected chi connectivity index (χ1v) is 6.83. The van der Waals surface area contributed by atoms with E-state index in [2.05, 4.69) is 10.2 Å². The second-order valence-corrected chi connectivity index (χ2v) is 5.28. The molecule has 2 unspecified atom stereocenters. The first-order valence-electron chi connectivity index (χ1n) is 6.83. The molecule has 0 aliphatic carbocycles. The third-order valence-corrected chi connectivity index (χ3v) is 3.47. The predicted molar refractivity (Wildman–Crippen MR) is 72.3 cm³/mol. The molecule has 0 aromatic carbocycles. The Bertz CT molecular complexity index is 259. The molecule has 18 heavy (non-hydrogen) atoms. The zero-order valence-corrected chi connectivity index (χ0v) is 11.8. The van der Waals surface area contributed by atoms with Crippen molar-refractivity contribution < 1.29 is 9.53 Å². The number of piperidine rings is 1. The Hall–Kier alpha value is -0.650. The standard InChI is InChI=1S/C13H27N3O2/c1-10(2)15-13(17)5-7-16-6-4-12(18-3)8-11(16)9-14/h10-12H,4-9,14H2,1-3H3,(H,15,17). The second-order valence-electron chi connectivity index (χ2n) is 5.28. The number of amides is 1. The van der Waals surface area contributed by atoms with Crippen LogP contribution in [0, 0.1) is 0 Å². The highest BCUT2D eigenvalue weighted by atomic mass is 16.5.